The molecule has 0 heterocycles. The van der Waals surface area contributed by atoms with Gasteiger partial charge < -0.3 is 10.8 Å². The van der Waals surface area contributed by atoms with Crippen LogP contribution in [0.1, 0.15) is 38.3 Å². The van der Waals surface area contributed by atoms with Crippen LogP contribution >= 0.6 is 11.6 Å². The van der Waals surface area contributed by atoms with Crippen molar-refractivity contribution >= 4 is 17.6 Å². The van der Waals surface area contributed by atoms with E-state index in [-0.39, 0.29) is 17.9 Å². The SMILES string of the molecule is CC(C)(CC(=O)O)CC(N)c1ccc(Cl)cc1. The molecule has 17 heavy (non-hydrogen) atoms. The van der Waals surface area contributed by atoms with Gasteiger partial charge in [0, 0.05) is 11.1 Å². The fourth-order valence-electron chi connectivity index (χ4n) is 1.90. The second kappa shape index (κ2) is 5.52. The number of rotatable bonds is 5. The molecule has 1 unspecified atom stereocenters. The van der Waals surface area contributed by atoms with Crippen molar-refractivity contribution in [1.82, 2.24) is 0 Å². The van der Waals surface area contributed by atoms with Crippen molar-refractivity contribution in [3.63, 3.8) is 0 Å². The first-order chi connectivity index (χ1) is 7.80. The molecule has 94 valence electrons. The van der Waals surface area contributed by atoms with Gasteiger partial charge >= 0.3 is 5.97 Å². The number of hydrogen-bond donors (Lipinski definition) is 2. The van der Waals surface area contributed by atoms with Crippen LogP contribution in [0.2, 0.25) is 5.02 Å². The first kappa shape index (κ1) is 14.0. The van der Waals surface area contributed by atoms with Gasteiger partial charge in [-0.1, -0.05) is 37.6 Å². The predicted molar refractivity (Wildman–Crippen MR) is 69.0 cm³/mol. The largest absolute Gasteiger partial charge is 0.481 e. The maximum absolute atomic E-state index is 10.7. The number of carboxylic acids is 1. The van der Waals surface area contributed by atoms with Crippen molar-refractivity contribution in [2.24, 2.45) is 11.1 Å². The maximum Gasteiger partial charge on any atom is 0.303 e. The third-order valence-corrected chi connectivity index (χ3v) is 2.95. The molecule has 0 saturated heterocycles. The Morgan fingerprint density at radius 3 is 2.41 bits per heavy atom. The van der Waals surface area contributed by atoms with Crippen molar-refractivity contribution in [2.45, 2.75) is 32.7 Å². The topological polar surface area (TPSA) is 63.3 Å². The van der Waals surface area contributed by atoms with E-state index in [1.54, 1.807) is 12.1 Å². The summed E-state index contributed by atoms with van der Waals surface area (Å²) in [4.78, 5) is 10.7. The minimum atomic E-state index is -0.793. The van der Waals surface area contributed by atoms with Crippen LogP contribution in [0.15, 0.2) is 24.3 Å². The molecule has 1 rings (SSSR count). The fraction of sp³-hybridized carbons (Fsp3) is 0.462. The van der Waals surface area contributed by atoms with Crippen molar-refractivity contribution in [2.75, 3.05) is 0 Å². The van der Waals surface area contributed by atoms with E-state index in [0.717, 1.165) is 5.56 Å². The molecule has 0 bridgehead atoms. The van der Waals surface area contributed by atoms with Crippen molar-refractivity contribution < 1.29 is 9.90 Å². The molecule has 0 fully saturated rings. The van der Waals surface area contributed by atoms with Gasteiger partial charge in [-0.3, -0.25) is 4.79 Å². The summed E-state index contributed by atoms with van der Waals surface area (Å²) >= 11 is 5.80. The lowest BCUT2D eigenvalue weighted by Crippen LogP contribution is -2.24. The Hall–Kier alpha value is -1.06. The molecule has 0 aromatic heterocycles. The highest BCUT2D eigenvalue weighted by Gasteiger charge is 2.25. The third-order valence-electron chi connectivity index (χ3n) is 2.70. The van der Waals surface area contributed by atoms with E-state index >= 15 is 0 Å². The molecular formula is C13H18ClNO2. The molecule has 1 aromatic carbocycles. The van der Waals surface area contributed by atoms with Gasteiger partial charge in [-0.25, -0.2) is 0 Å². The molecule has 0 aliphatic rings. The van der Waals surface area contributed by atoms with Gasteiger partial charge in [0.05, 0.1) is 6.42 Å². The quantitative estimate of drug-likeness (QED) is 0.849. The Labute approximate surface area is 107 Å². The number of hydrogen-bond acceptors (Lipinski definition) is 2. The highest BCUT2D eigenvalue weighted by molar-refractivity contribution is 6.30. The zero-order valence-corrected chi connectivity index (χ0v) is 10.9. The predicted octanol–water partition coefficient (Wildman–Crippen LogP) is 3.23. The first-order valence-electron chi connectivity index (χ1n) is 5.53. The molecule has 0 spiro atoms. The zero-order valence-electron chi connectivity index (χ0n) is 10.1. The maximum atomic E-state index is 10.7. The van der Waals surface area contributed by atoms with Crippen LogP contribution < -0.4 is 5.73 Å². The first-order valence-corrected chi connectivity index (χ1v) is 5.91. The Balaban J connectivity index is 2.68. The Morgan fingerprint density at radius 1 is 1.41 bits per heavy atom. The van der Waals surface area contributed by atoms with Gasteiger partial charge in [0.25, 0.3) is 0 Å². The standard InChI is InChI=1S/C13H18ClNO2/c1-13(2,8-12(16)17)7-11(15)9-3-5-10(14)6-4-9/h3-6,11H,7-8,15H2,1-2H3,(H,16,17). The van der Waals surface area contributed by atoms with Crippen molar-refractivity contribution in [3.05, 3.63) is 34.9 Å². The molecule has 0 amide bonds. The zero-order chi connectivity index (χ0) is 13.1. The number of aliphatic carboxylic acids is 1. The van der Waals surface area contributed by atoms with E-state index in [1.807, 2.05) is 26.0 Å². The molecule has 1 aromatic rings. The van der Waals surface area contributed by atoms with Crippen LogP contribution in [0.3, 0.4) is 0 Å². The minimum Gasteiger partial charge on any atom is -0.481 e. The summed E-state index contributed by atoms with van der Waals surface area (Å²) in [6.45, 7) is 3.83. The summed E-state index contributed by atoms with van der Waals surface area (Å²) in [6, 6.07) is 7.18. The Morgan fingerprint density at radius 2 is 1.94 bits per heavy atom. The molecule has 3 nitrogen and oxygen atoms in total. The van der Waals surface area contributed by atoms with Crippen LogP contribution in [0.25, 0.3) is 0 Å². The molecular weight excluding hydrogens is 238 g/mol. The van der Waals surface area contributed by atoms with Gasteiger partial charge in [0.2, 0.25) is 0 Å². The smallest absolute Gasteiger partial charge is 0.303 e. The van der Waals surface area contributed by atoms with E-state index < -0.39 is 5.97 Å². The van der Waals surface area contributed by atoms with E-state index in [0.29, 0.717) is 11.4 Å². The van der Waals surface area contributed by atoms with Crippen LogP contribution in [-0.4, -0.2) is 11.1 Å². The molecule has 0 aliphatic heterocycles. The second-order valence-electron chi connectivity index (χ2n) is 5.10. The van der Waals surface area contributed by atoms with Crippen molar-refractivity contribution in [3.8, 4) is 0 Å². The van der Waals surface area contributed by atoms with Crippen LogP contribution in [0.5, 0.6) is 0 Å². The van der Waals surface area contributed by atoms with Crippen LogP contribution in [0.4, 0.5) is 0 Å². The lowest BCUT2D eigenvalue weighted by Gasteiger charge is -2.26. The van der Waals surface area contributed by atoms with Gasteiger partial charge in [0.1, 0.15) is 0 Å². The minimum absolute atomic E-state index is 0.119. The van der Waals surface area contributed by atoms with E-state index in [4.69, 9.17) is 22.4 Å². The van der Waals surface area contributed by atoms with E-state index in [9.17, 15) is 4.79 Å². The van der Waals surface area contributed by atoms with Crippen LogP contribution in [-0.2, 0) is 4.79 Å². The average Bonchev–Trinajstić information content (AvgIpc) is 2.15. The summed E-state index contributed by atoms with van der Waals surface area (Å²) in [5.74, 6) is -0.793. The molecule has 0 saturated carbocycles. The van der Waals surface area contributed by atoms with Gasteiger partial charge in [-0.2, -0.15) is 0 Å². The monoisotopic (exact) mass is 255 g/mol. The normalized spacial score (nSPS) is 13.4. The molecule has 1 atom stereocenters. The second-order valence-corrected chi connectivity index (χ2v) is 5.53. The van der Waals surface area contributed by atoms with Gasteiger partial charge in [0.15, 0.2) is 0 Å². The average molecular weight is 256 g/mol. The molecule has 0 aliphatic carbocycles. The molecule has 4 heteroatoms. The summed E-state index contributed by atoms with van der Waals surface area (Å²) in [5, 5.41) is 9.48. The third kappa shape index (κ3) is 4.75. The lowest BCUT2D eigenvalue weighted by molar-refractivity contribution is -0.139. The van der Waals surface area contributed by atoms with Gasteiger partial charge in [-0.15, -0.1) is 0 Å². The molecule has 3 N–H and O–H groups in total. The Kier molecular flexibility index (Phi) is 4.54. The van der Waals surface area contributed by atoms with Crippen molar-refractivity contribution in [1.29, 1.82) is 0 Å². The molecule has 0 radical (unpaired) electrons. The summed E-state index contributed by atoms with van der Waals surface area (Å²) in [7, 11) is 0. The van der Waals surface area contributed by atoms with Gasteiger partial charge in [-0.05, 0) is 29.5 Å². The Bertz CT molecular complexity index is 387. The number of benzene rings is 1. The van der Waals surface area contributed by atoms with Crippen LogP contribution in [0, 0.1) is 5.41 Å². The summed E-state index contributed by atoms with van der Waals surface area (Å²) in [5.41, 5.74) is 6.74. The fourth-order valence-corrected chi connectivity index (χ4v) is 2.03. The van der Waals surface area contributed by atoms with E-state index in [1.165, 1.54) is 0 Å². The highest BCUT2D eigenvalue weighted by atomic mass is 35.5. The number of nitrogens with two attached hydrogens (primary N) is 1. The summed E-state index contributed by atoms with van der Waals surface area (Å²) < 4.78 is 0. The van der Waals surface area contributed by atoms with E-state index in [2.05, 4.69) is 0 Å². The number of carbonyl (C=O) groups is 1. The highest BCUT2D eigenvalue weighted by Crippen LogP contribution is 2.31. The lowest BCUT2D eigenvalue weighted by atomic mass is 9.81. The number of carboxylic acid groups (broad SMARTS) is 1. The summed E-state index contributed by atoms with van der Waals surface area (Å²) in [6.07, 6.45) is 0.745. The number of halogens is 1.